The van der Waals surface area contributed by atoms with E-state index in [0.717, 1.165) is 0 Å². The number of ketones is 1. The van der Waals surface area contributed by atoms with Crippen molar-refractivity contribution in [3.63, 3.8) is 0 Å². The second-order valence-corrected chi connectivity index (χ2v) is 5.10. The van der Waals surface area contributed by atoms with Crippen molar-refractivity contribution in [1.82, 2.24) is 0 Å². The molecule has 0 aromatic heterocycles. The average molecular weight is 265 g/mol. The van der Waals surface area contributed by atoms with Crippen molar-refractivity contribution in [2.75, 3.05) is 12.4 Å². The zero-order chi connectivity index (χ0) is 14.6. The van der Waals surface area contributed by atoms with Crippen LogP contribution in [0.4, 0.5) is 10.5 Å². The van der Waals surface area contributed by atoms with Gasteiger partial charge in [0, 0.05) is 11.8 Å². The van der Waals surface area contributed by atoms with Crippen LogP contribution in [0.3, 0.4) is 0 Å². The first-order valence-corrected chi connectivity index (χ1v) is 5.92. The van der Waals surface area contributed by atoms with Crippen LogP contribution in [0.25, 0.3) is 0 Å². The Bertz CT molecular complexity index is 489. The van der Waals surface area contributed by atoms with E-state index in [0.29, 0.717) is 17.0 Å². The van der Waals surface area contributed by atoms with Crippen LogP contribution in [-0.4, -0.2) is 24.6 Å². The number of amides is 1. The van der Waals surface area contributed by atoms with Crippen LogP contribution in [0.5, 0.6) is 5.75 Å². The van der Waals surface area contributed by atoms with Crippen LogP contribution < -0.4 is 10.1 Å². The molecule has 0 aliphatic carbocycles. The fourth-order valence-corrected chi connectivity index (χ4v) is 1.48. The SMILES string of the molecule is COc1cc(NC(=O)OC(C)(C)C)ccc1C(C)=O. The lowest BCUT2D eigenvalue weighted by Crippen LogP contribution is -2.27. The van der Waals surface area contributed by atoms with Crippen molar-refractivity contribution in [3.05, 3.63) is 23.8 Å². The lowest BCUT2D eigenvalue weighted by Gasteiger charge is -2.20. The Morgan fingerprint density at radius 1 is 1.21 bits per heavy atom. The first-order valence-electron chi connectivity index (χ1n) is 5.92. The molecule has 1 aromatic carbocycles. The number of ether oxygens (including phenoxy) is 2. The number of carbonyl (C=O) groups is 2. The van der Waals surface area contributed by atoms with Crippen LogP contribution in [0.15, 0.2) is 18.2 Å². The molecule has 0 spiro atoms. The van der Waals surface area contributed by atoms with Crippen molar-refractivity contribution in [3.8, 4) is 5.75 Å². The number of hydrogen-bond donors (Lipinski definition) is 1. The van der Waals surface area contributed by atoms with E-state index in [4.69, 9.17) is 9.47 Å². The van der Waals surface area contributed by atoms with E-state index >= 15 is 0 Å². The lowest BCUT2D eigenvalue weighted by molar-refractivity contribution is 0.0636. The van der Waals surface area contributed by atoms with Gasteiger partial charge in [-0.3, -0.25) is 10.1 Å². The maximum atomic E-state index is 11.6. The summed E-state index contributed by atoms with van der Waals surface area (Å²) >= 11 is 0. The van der Waals surface area contributed by atoms with E-state index in [1.165, 1.54) is 14.0 Å². The molecule has 0 saturated heterocycles. The van der Waals surface area contributed by atoms with Gasteiger partial charge in [0.2, 0.25) is 0 Å². The molecule has 0 unspecified atom stereocenters. The minimum atomic E-state index is -0.562. The van der Waals surface area contributed by atoms with Crippen LogP contribution in [0, 0.1) is 0 Å². The molecule has 0 fully saturated rings. The number of nitrogens with one attached hydrogen (secondary N) is 1. The standard InChI is InChI=1S/C14H19NO4/c1-9(16)11-7-6-10(8-12(11)18-5)15-13(17)19-14(2,3)4/h6-8H,1-5H3,(H,15,17). The quantitative estimate of drug-likeness (QED) is 0.852. The number of hydrogen-bond acceptors (Lipinski definition) is 4. The molecular weight excluding hydrogens is 246 g/mol. The summed E-state index contributed by atoms with van der Waals surface area (Å²) in [5, 5.41) is 2.59. The van der Waals surface area contributed by atoms with E-state index in [1.54, 1.807) is 39.0 Å². The maximum absolute atomic E-state index is 11.6. The van der Waals surface area contributed by atoms with Crippen LogP contribution >= 0.6 is 0 Å². The Kier molecular flexibility index (Phi) is 4.53. The summed E-state index contributed by atoms with van der Waals surface area (Å²) in [5.41, 5.74) is 0.418. The number of rotatable bonds is 3. The van der Waals surface area contributed by atoms with Gasteiger partial charge < -0.3 is 9.47 Å². The minimum absolute atomic E-state index is 0.0966. The van der Waals surface area contributed by atoms with Crippen molar-refractivity contribution < 1.29 is 19.1 Å². The van der Waals surface area contributed by atoms with E-state index < -0.39 is 11.7 Å². The highest BCUT2D eigenvalue weighted by Crippen LogP contribution is 2.24. The molecule has 0 aliphatic rings. The number of methoxy groups -OCH3 is 1. The molecule has 1 amide bonds. The van der Waals surface area contributed by atoms with Crippen molar-refractivity contribution in [2.45, 2.75) is 33.3 Å². The molecule has 0 saturated carbocycles. The molecule has 0 atom stereocenters. The van der Waals surface area contributed by atoms with Gasteiger partial charge in [0.1, 0.15) is 11.4 Å². The Labute approximate surface area is 112 Å². The Morgan fingerprint density at radius 2 is 1.84 bits per heavy atom. The Morgan fingerprint density at radius 3 is 2.32 bits per heavy atom. The highest BCUT2D eigenvalue weighted by atomic mass is 16.6. The molecule has 5 heteroatoms. The van der Waals surface area contributed by atoms with Gasteiger partial charge in [0.15, 0.2) is 5.78 Å². The smallest absolute Gasteiger partial charge is 0.412 e. The predicted molar refractivity (Wildman–Crippen MR) is 72.9 cm³/mol. The number of carbonyl (C=O) groups excluding carboxylic acids is 2. The highest BCUT2D eigenvalue weighted by Gasteiger charge is 2.17. The van der Waals surface area contributed by atoms with Gasteiger partial charge >= 0.3 is 6.09 Å². The summed E-state index contributed by atoms with van der Waals surface area (Å²) in [7, 11) is 1.47. The molecule has 104 valence electrons. The maximum Gasteiger partial charge on any atom is 0.412 e. The third kappa shape index (κ3) is 4.62. The molecule has 1 rings (SSSR count). The van der Waals surface area contributed by atoms with Crippen molar-refractivity contribution in [2.24, 2.45) is 0 Å². The number of Topliss-reactive ketones (excluding diaryl/α,β-unsaturated/α-hetero) is 1. The second kappa shape index (κ2) is 5.73. The van der Waals surface area contributed by atoms with E-state index in [2.05, 4.69) is 5.32 Å². The highest BCUT2D eigenvalue weighted by molar-refractivity contribution is 5.98. The number of anilines is 1. The Hall–Kier alpha value is -2.04. The van der Waals surface area contributed by atoms with E-state index in [-0.39, 0.29) is 5.78 Å². The van der Waals surface area contributed by atoms with Gasteiger partial charge in [0.05, 0.1) is 12.7 Å². The third-order valence-electron chi connectivity index (χ3n) is 2.23. The molecule has 1 N–H and O–H groups in total. The molecule has 0 aliphatic heterocycles. The van der Waals surface area contributed by atoms with Crippen molar-refractivity contribution >= 4 is 17.6 Å². The molecule has 5 nitrogen and oxygen atoms in total. The zero-order valence-electron chi connectivity index (χ0n) is 11.9. The van der Waals surface area contributed by atoms with Crippen LogP contribution in [-0.2, 0) is 4.74 Å². The molecule has 0 heterocycles. The number of benzene rings is 1. The summed E-state index contributed by atoms with van der Waals surface area (Å²) in [4.78, 5) is 23.0. The molecule has 0 radical (unpaired) electrons. The van der Waals surface area contributed by atoms with E-state index in [1.807, 2.05) is 0 Å². The summed E-state index contributed by atoms with van der Waals surface area (Å²) < 4.78 is 10.3. The zero-order valence-corrected chi connectivity index (χ0v) is 11.9. The summed E-state index contributed by atoms with van der Waals surface area (Å²) in [6.45, 7) is 6.81. The normalized spacial score (nSPS) is 10.8. The molecule has 0 bridgehead atoms. The van der Waals surface area contributed by atoms with Gasteiger partial charge in [-0.25, -0.2) is 4.79 Å². The molecule has 1 aromatic rings. The van der Waals surface area contributed by atoms with Crippen LogP contribution in [0.1, 0.15) is 38.1 Å². The predicted octanol–water partition coefficient (Wildman–Crippen LogP) is 3.24. The summed E-state index contributed by atoms with van der Waals surface area (Å²) in [6.07, 6.45) is -0.551. The van der Waals surface area contributed by atoms with Gasteiger partial charge in [-0.15, -0.1) is 0 Å². The Balaban J connectivity index is 2.86. The van der Waals surface area contributed by atoms with E-state index in [9.17, 15) is 9.59 Å². The summed E-state index contributed by atoms with van der Waals surface area (Å²) in [5.74, 6) is 0.321. The topological polar surface area (TPSA) is 64.6 Å². The van der Waals surface area contributed by atoms with Gasteiger partial charge in [-0.1, -0.05) is 0 Å². The van der Waals surface area contributed by atoms with Crippen LogP contribution in [0.2, 0.25) is 0 Å². The van der Waals surface area contributed by atoms with Gasteiger partial charge in [-0.2, -0.15) is 0 Å². The second-order valence-electron chi connectivity index (χ2n) is 5.10. The fraction of sp³-hybridized carbons (Fsp3) is 0.429. The van der Waals surface area contributed by atoms with Gasteiger partial charge in [0.25, 0.3) is 0 Å². The average Bonchev–Trinajstić information content (AvgIpc) is 2.25. The first kappa shape index (κ1) is 15.0. The summed E-state index contributed by atoms with van der Waals surface area (Å²) in [6, 6.07) is 4.82. The largest absolute Gasteiger partial charge is 0.496 e. The minimum Gasteiger partial charge on any atom is -0.496 e. The monoisotopic (exact) mass is 265 g/mol. The fourth-order valence-electron chi connectivity index (χ4n) is 1.48. The van der Waals surface area contributed by atoms with Crippen molar-refractivity contribution in [1.29, 1.82) is 0 Å². The first-order chi connectivity index (χ1) is 8.73. The van der Waals surface area contributed by atoms with Gasteiger partial charge in [-0.05, 0) is 39.8 Å². The third-order valence-corrected chi connectivity index (χ3v) is 2.23. The molecule has 19 heavy (non-hydrogen) atoms. The molecular formula is C14H19NO4. The lowest BCUT2D eigenvalue weighted by atomic mass is 10.1.